The Hall–Kier alpha value is -0.770. The molecule has 4 heteroatoms. The van der Waals surface area contributed by atoms with Crippen LogP contribution in [0.5, 0.6) is 0 Å². The lowest BCUT2D eigenvalue weighted by Gasteiger charge is -1.98. The van der Waals surface area contributed by atoms with Crippen molar-refractivity contribution in [2.75, 3.05) is 0 Å². The monoisotopic (exact) mass is 172 g/mol. The fraction of sp³-hybridized carbons (Fsp3) is 0.429. The van der Waals surface area contributed by atoms with E-state index in [9.17, 15) is 4.79 Å². The van der Waals surface area contributed by atoms with Gasteiger partial charge in [-0.15, -0.1) is 12.6 Å². The molecule has 0 amide bonds. The number of nitrogens with zero attached hydrogens (tertiary/aromatic N) is 1. The second kappa shape index (κ2) is 4.18. The van der Waals surface area contributed by atoms with Gasteiger partial charge in [0.2, 0.25) is 0 Å². The summed E-state index contributed by atoms with van der Waals surface area (Å²) >= 11 is 4.00. The molecule has 0 spiro atoms. The van der Waals surface area contributed by atoms with Crippen LogP contribution in [0.2, 0.25) is 0 Å². The van der Waals surface area contributed by atoms with Crippen molar-refractivity contribution in [1.29, 1.82) is 0 Å². The summed E-state index contributed by atoms with van der Waals surface area (Å²) < 4.78 is 0. The normalized spacial score (nSPS) is 14.4. The zero-order valence-corrected chi connectivity index (χ0v) is 7.77. The van der Waals surface area contributed by atoms with Gasteiger partial charge in [-0.25, -0.2) is 4.99 Å². The summed E-state index contributed by atoms with van der Waals surface area (Å²) in [6, 6.07) is 0. The lowest BCUT2D eigenvalue weighted by Crippen LogP contribution is -2.08. The van der Waals surface area contributed by atoms with Crippen LogP contribution < -0.4 is 5.73 Å². The van der Waals surface area contributed by atoms with Gasteiger partial charge in [0.05, 0.1) is 5.84 Å². The van der Waals surface area contributed by atoms with Crippen LogP contribution in [-0.4, -0.2) is 11.6 Å². The molecular formula is C7H12N2OS. The Bertz CT molecular complexity index is 223. The molecule has 11 heavy (non-hydrogen) atoms. The van der Waals surface area contributed by atoms with Crippen LogP contribution in [0.1, 0.15) is 20.8 Å². The number of rotatable bonds is 2. The molecule has 0 radical (unpaired) electrons. The van der Waals surface area contributed by atoms with Crippen molar-refractivity contribution < 1.29 is 4.79 Å². The summed E-state index contributed by atoms with van der Waals surface area (Å²) in [7, 11) is 0. The van der Waals surface area contributed by atoms with Gasteiger partial charge in [-0.1, -0.05) is 0 Å². The summed E-state index contributed by atoms with van der Waals surface area (Å²) in [4.78, 5) is 15.3. The molecule has 0 aliphatic rings. The fourth-order valence-electron chi connectivity index (χ4n) is 0.591. The fourth-order valence-corrected chi connectivity index (χ4v) is 0.798. The minimum absolute atomic E-state index is 0.123. The van der Waals surface area contributed by atoms with Gasteiger partial charge in [0.15, 0.2) is 5.78 Å². The number of carbonyl (C=O) groups is 1. The number of amidine groups is 1. The van der Waals surface area contributed by atoms with E-state index >= 15 is 0 Å². The Kier molecular flexibility index (Phi) is 3.89. The van der Waals surface area contributed by atoms with E-state index in [0.29, 0.717) is 16.4 Å². The van der Waals surface area contributed by atoms with Gasteiger partial charge in [-0.2, -0.15) is 0 Å². The van der Waals surface area contributed by atoms with E-state index in [1.807, 2.05) is 0 Å². The van der Waals surface area contributed by atoms with E-state index < -0.39 is 0 Å². The van der Waals surface area contributed by atoms with Crippen LogP contribution in [0, 0.1) is 0 Å². The van der Waals surface area contributed by atoms with Crippen LogP contribution >= 0.6 is 12.6 Å². The van der Waals surface area contributed by atoms with Crippen LogP contribution in [0.3, 0.4) is 0 Å². The van der Waals surface area contributed by atoms with Crippen LogP contribution in [0.15, 0.2) is 15.6 Å². The molecule has 0 atom stereocenters. The molecule has 0 aromatic heterocycles. The lowest BCUT2D eigenvalue weighted by molar-refractivity contribution is -0.113. The summed E-state index contributed by atoms with van der Waals surface area (Å²) in [5.41, 5.74) is 5.63. The van der Waals surface area contributed by atoms with Crippen molar-refractivity contribution in [2.24, 2.45) is 10.7 Å². The molecule has 2 N–H and O–H groups in total. The maximum Gasteiger partial charge on any atom is 0.178 e. The standard InChI is InChI=1S/C7H12N2OS/c1-4(10)7(5(2)11)9-6(3)8/h11H,1-3H3,(H2,8,9)/b7-5-. The summed E-state index contributed by atoms with van der Waals surface area (Å²) in [5.74, 6) is 0.242. The molecule has 0 aromatic rings. The summed E-state index contributed by atoms with van der Waals surface area (Å²) in [6.07, 6.45) is 0. The van der Waals surface area contributed by atoms with Crippen molar-refractivity contribution >= 4 is 24.2 Å². The van der Waals surface area contributed by atoms with Crippen molar-refractivity contribution in [3.8, 4) is 0 Å². The van der Waals surface area contributed by atoms with Gasteiger partial charge in [0.25, 0.3) is 0 Å². The lowest BCUT2D eigenvalue weighted by atomic mass is 10.3. The number of aliphatic imine (C=N–C) groups is 1. The van der Waals surface area contributed by atoms with Gasteiger partial charge >= 0.3 is 0 Å². The second-order valence-corrected chi connectivity index (χ2v) is 2.91. The van der Waals surface area contributed by atoms with E-state index in [1.165, 1.54) is 6.92 Å². The molecule has 0 aromatic carbocycles. The van der Waals surface area contributed by atoms with Gasteiger partial charge in [0, 0.05) is 11.8 Å². The predicted molar refractivity (Wildman–Crippen MR) is 49.7 cm³/mol. The molecule has 0 unspecified atom stereocenters. The zero-order valence-electron chi connectivity index (χ0n) is 6.88. The van der Waals surface area contributed by atoms with Gasteiger partial charge in [-0.05, 0) is 13.8 Å². The first-order chi connectivity index (χ1) is 4.95. The van der Waals surface area contributed by atoms with Crippen LogP contribution in [-0.2, 0) is 4.79 Å². The minimum Gasteiger partial charge on any atom is -0.387 e. The largest absolute Gasteiger partial charge is 0.387 e. The smallest absolute Gasteiger partial charge is 0.178 e. The molecule has 0 rings (SSSR count). The van der Waals surface area contributed by atoms with Gasteiger partial charge in [-0.3, -0.25) is 4.79 Å². The molecule has 0 fully saturated rings. The maximum absolute atomic E-state index is 10.9. The third-order valence-corrected chi connectivity index (χ3v) is 1.18. The number of ketones is 1. The zero-order chi connectivity index (χ0) is 9.02. The third-order valence-electron chi connectivity index (χ3n) is 0.964. The Morgan fingerprint density at radius 2 is 1.82 bits per heavy atom. The van der Waals surface area contributed by atoms with E-state index in [2.05, 4.69) is 17.6 Å². The molecule has 0 bridgehead atoms. The average Bonchev–Trinajstić information content (AvgIpc) is 1.81. The molecule has 62 valence electrons. The average molecular weight is 172 g/mol. The Morgan fingerprint density at radius 1 is 1.36 bits per heavy atom. The molecule has 3 nitrogen and oxygen atoms in total. The van der Waals surface area contributed by atoms with E-state index in [-0.39, 0.29) is 5.78 Å². The number of Topliss-reactive ketones (excluding diaryl/α,β-unsaturated/α-hetero) is 1. The summed E-state index contributed by atoms with van der Waals surface area (Å²) in [6.45, 7) is 4.76. The van der Waals surface area contributed by atoms with Crippen molar-refractivity contribution in [1.82, 2.24) is 0 Å². The van der Waals surface area contributed by atoms with E-state index in [1.54, 1.807) is 13.8 Å². The highest BCUT2D eigenvalue weighted by Crippen LogP contribution is 2.09. The first-order valence-corrected chi connectivity index (χ1v) is 3.61. The predicted octanol–water partition coefficient (Wildman–Crippen LogP) is 1.11. The molecule has 0 saturated heterocycles. The molecule has 0 aliphatic carbocycles. The number of carbonyl (C=O) groups excluding carboxylic acids is 1. The second-order valence-electron chi connectivity index (χ2n) is 2.24. The molecule has 0 heterocycles. The Morgan fingerprint density at radius 3 is 1.91 bits per heavy atom. The first-order valence-electron chi connectivity index (χ1n) is 3.16. The van der Waals surface area contributed by atoms with Gasteiger partial charge < -0.3 is 5.73 Å². The third kappa shape index (κ3) is 3.83. The van der Waals surface area contributed by atoms with Crippen LogP contribution in [0.25, 0.3) is 0 Å². The highest BCUT2D eigenvalue weighted by atomic mass is 32.1. The molecule has 0 aliphatic heterocycles. The van der Waals surface area contributed by atoms with Crippen molar-refractivity contribution in [3.63, 3.8) is 0 Å². The van der Waals surface area contributed by atoms with Crippen molar-refractivity contribution in [3.05, 3.63) is 10.6 Å². The van der Waals surface area contributed by atoms with Crippen LogP contribution in [0.4, 0.5) is 0 Å². The van der Waals surface area contributed by atoms with Gasteiger partial charge in [0.1, 0.15) is 5.70 Å². The maximum atomic E-state index is 10.9. The number of hydrogen-bond donors (Lipinski definition) is 2. The summed E-state index contributed by atoms with van der Waals surface area (Å²) in [5, 5.41) is 0. The minimum atomic E-state index is -0.123. The number of nitrogens with two attached hydrogens (primary N) is 1. The van der Waals surface area contributed by atoms with E-state index in [0.717, 1.165) is 0 Å². The van der Waals surface area contributed by atoms with E-state index in [4.69, 9.17) is 5.73 Å². The quantitative estimate of drug-likeness (QED) is 0.284. The Balaban J connectivity index is 4.81. The topological polar surface area (TPSA) is 55.5 Å². The highest BCUT2D eigenvalue weighted by molar-refractivity contribution is 7.84. The SMILES string of the molecule is CC(=O)/C(N=C(C)N)=C(\C)S. The number of hydrogen-bond acceptors (Lipinski definition) is 3. The molecular weight excluding hydrogens is 160 g/mol. The molecule has 0 saturated carbocycles. The number of allylic oxidation sites excluding steroid dienone is 2. The highest BCUT2D eigenvalue weighted by Gasteiger charge is 2.03. The first kappa shape index (κ1) is 10.2. The Labute approximate surface area is 71.8 Å². The number of thiol groups is 1. The van der Waals surface area contributed by atoms with Crippen molar-refractivity contribution in [2.45, 2.75) is 20.8 Å².